The first kappa shape index (κ1) is 19.6. The molecular weight excluding hydrogens is 362 g/mol. The number of thiophene rings is 1. The van der Waals surface area contributed by atoms with Crippen LogP contribution in [0.15, 0.2) is 24.3 Å². The molecule has 1 N–H and O–H groups in total. The molecular formula is C17H22ClN3O3S. The Morgan fingerprint density at radius 2 is 2.08 bits per heavy atom. The lowest BCUT2D eigenvalue weighted by molar-refractivity contribution is -0.384. The number of nitrogens with zero attached hydrogens (tertiary/aromatic N) is 2. The van der Waals surface area contributed by atoms with Gasteiger partial charge in [-0.05, 0) is 50.9 Å². The highest BCUT2D eigenvalue weighted by molar-refractivity contribution is 7.20. The number of amides is 1. The lowest BCUT2D eigenvalue weighted by atomic mass is 9.93. The Kier molecular flexibility index (Phi) is 6.75. The van der Waals surface area contributed by atoms with Gasteiger partial charge in [0.15, 0.2) is 0 Å². The molecule has 6 nitrogen and oxygen atoms in total. The number of nitro benzene ring substituents is 1. The van der Waals surface area contributed by atoms with E-state index in [2.05, 4.69) is 5.32 Å². The van der Waals surface area contributed by atoms with Gasteiger partial charge in [0.1, 0.15) is 0 Å². The van der Waals surface area contributed by atoms with E-state index in [1.54, 1.807) is 12.1 Å². The highest BCUT2D eigenvalue weighted by atomic mass is 35.5. The van der Waals surface area contributed by atoms with Crippen molar-refractivity contribution < 1.29 is 9.72 Å². The normalized spacial score (nSPS) is 15.2. The van der Waals surface area contributed by atoms with Crippen molar-refractivity contribution in [2.45, 2.75) is 19.3 Å². The second-order valence-electron chi connectivity index (χ2n) is 6.22. The molecule has 1 saturated heterocycles. The van der Waals surface area contributed by atoms with E-state index in [0.29, 0.717) is 10.8 Å². The standard InChI is InChI=1S/C17H21N3O3S.ClH/c1-18-7-4-12-5-8-19(9-6-12)17(21)16-11-13-10-14(20(22)23)2-3-15(13)24-16;/h2-3,10-12,18H,4-9H2,1H3;1H. The summed E-state index contributed by atoms with van der Waals surface area (Å²) in [5, 5.41) is 14.8. The van der Waals surface area contributed by atoms with Crippen LogP contribution >= 0.6 is 23.7 Å². The lowest BCUT2D eigenvalue weighted by Crippen LogP contribution is -2.38. The number of carbonyl (C=O) groups is 1. The Labute approximate surface area is 156 Å². The summed E-state index contributed by atoms with van der Waals surface area (Å²) in [6.45, 7) is 2.61. The molecule has 1 aromatic carbocycles. The van der Waals surface area contributed by atoms with Gasteiger partial charge in [0.05, 0.1) is 9.80 Å². The fourth-order valence-corrected chi connectivity index (χ4v) is 4.19. The summed E-state index contributed by atoms with van der Waals surface area (Å²) >= 11 is 1.41. The van der Waals surface area contributed by atoms with E-state index < -0.39 is 4.92 Å². The summed E-state index contributed by atoms with van der Waals surface area (Å²) in [6.07, 6.45) is 3.25. The minimum Gasteiger partial charge on any atom is -0.338 e. The predicted molar refractivity (Wildman–Crippen MR) is 103 cm³/mol. The first-order valence-corrected chi connectivity index (χ1v) is 9.02. The van der Waals surface area contributed by atoms with Gasteiger partial charge in [-0.2, -0.15) is 0 Å². The van der Waals surface area contributed by atoms with Gasteiger partial charge < -0.3 is 10.2 Å². The molecule has 1 aliphatic rings. The molecule has 0 unspecified atom stereocenters. The van der Waals surface area contributed by atoms with Gasteiger partial charge in [0.2, 0.25) is 0 Å². The molecule has 2 aromatic rings. The number of likely N-dealkylation sites (tertiary alicyclic amines) is 1. The number of piperidine rings is 1. The Bertz CT molecular complexity index is 757. The van der Waals surface area contributed by atoms with Crippen LogP contribution in [-0.4, -0.2) is 42.4 Å². The molecule has 1 aromatic heterocycles. The van der Waals surface area contributed by atoms with Crippen molar-refractivity contribution in [2.24, 2.45) is 5.92 Å². The summed E-state index contributed by atoms with van der Waals surface area (Å²) in [5.74, 6) is 0.734. The smallest absolute Gasteiger partial charge is 0.270 e. The molecule has 0 radical (unpaired) electrons. The Morgan fingerprint density at radius 1 is 1.36 bits per heavy atom. The van der Waals surface area contributed by atoms with Crippen LogP contribution in [0.25, 0.3) is 10.1 Å². The highest BCUT2D eigenvalue weighted by Gasteiger charge is 2.24. The maximum absolute atomic E-state index is 12.7. The van der Waals surface area contributed by atoms with Gasteiger partial charge in [-0.25, -0.2) is 0 Å². The molecule has 2 heterocycles. The summed E-state index contributed by atoms with van der Waals surface area (Å²) < 4.78 is 0.910. The largest absolute Gasteiger partial charge is 0.338 e. The number of non-ortho nitro benzene ring substituents is 1. The number of nitro groups is 1. The molecule has 1 amide bonds. The summed E-state index contributed by atoms with van der Waals surface area (Å²) in [5.41, 5.74) is 0.0599. The Hall–Kier alpha value is -1.70. The number of nitrogens with one attached hydrogen (secondary N) is 1. The number of benzene rings is 1. The van der Waals surface area contributed by atoms with E-state index in [1.165, 1.54) is 23.5 Å². The zero-order chi connectivity index (χ0) is 17.1. The number of rotatable bonds is 5. The molecule has 1 aliphatic heterocycles. The molecule has 25 heavy (non-hydrogen) atoms. The number of hydrogen-bond donors (Lipinski definition) is 1. The van der Waals surface area contributed by atoms with Crippen LogP contribution in [-0.2, 0) is 0 Å². The maximum atomic E-state index is 12.7. The summed E-state index contributed by atoms with van der Waals surface area (Å²) in [4.78, 5) is 25.7. The second kappa shape index (κ2) is 8.60. The van der Waals surface area contributed by atoms with Crippen molar-refractivity contribution in [3.05, 3.63) is 39.3 Å². The monoisotopic (exact) mass is 383 g/mol. The van der Waals surface area contributed by atoms with Gasteiger partial charge in [0, 0.05) is 35.3 Å². The fraction of sp³-hybridized carbons (Fsp3) is 0.471. The third-order valence-electron chi connectivity index (χ3n) is 4.63. The number of carbonyl (C=O) groups excluding carboxylic acids is 1. The van der Waals surface area contributed by atoms with E-state index in [-0.39, 0.29) is 24.0 Å². The fourth-order valence-electron chi connectivity index (χ4n) is 3.18. The zero-order valence-corrected chi connectivity index (χ0v) is 15.7. The topological polar surface area (TPSA) is 75.5 Å². The number of halogens is 1. The predicted octanol–water partition coefficient (Wildman–Crippen LogP) is 3.69. The third-order valence-corrected chi connectivity index (χ3v) is 5.73. The van der Waals surface area contributed by atoms with E-state index >= 15 is 0 Å². The average molecular weight is 384 g/mol. The molecule has 0 bridgehead atoms. The van der Waals surface area contributed by atoms with Gasteiger partial charge in [0.25, 0.3) is 11.6 Å². The maximum Gasteiger partial charge on any atom is 0.270 e. The van der Waals surface area contributed by atoms with E-state index in [0.717, 1.165) is 49.0 Å². The van der Waals surface area contributed by atoms with Crippen molar-refractivity contribution in [3.63, 3.8) is 0 Å². The molecule has 0 aliphatic carbocycles. The van der Waals surface area contributed by atoms with Crippen LogP contribution in [0, 0.1) is 16.0 Å². The van der Waals surface area contributed by atoms with Crippen LogP contribution in [0.3, 0.4) is 0 Å². The van der Waals surface area contributed by atoms with Crippen molar-refractivity contribution in [1.29, 1.82) is 0 Å². The van der Waals surface area contributed by atoms with Crippen molar-refractivity contribution >= 4 is 45.4 Å². The van der Waals surface area contributed by atoms with Crippen LogP contribution in [0.5, 0.6) is 0 Å². The van der Waals surface area contributed by atoms with Crippen molar-refractivity contribution in [2.75, 3.05) is 26.7 Å². The third kappa shape index (κ3) is 4.48. The molecule has 136 valence electrons. The van der Waals surface area contributed by atoms with E-state index in [4.69, 9.17) is 0 Å². The van der Waals surface area contributed by atoms with Gasteiger partial charge in [-0.1, -0.05) is 0 Å². The van der Waals surface area contributed by atoms with Gasteiger partial charge in [-0.3, -0.25) is 14.9 Å². The first-order valence-electron chi connectivity index (χ1n) is 8.20. The minimum absolute atomic E-state index is 0. The van der Waals surface area contributed by atoms with E-state index in [1.807, 2.05) is 11.9 Å². The molecule has 0 saturated carbocycles. The summed E-state index contributed by atoms with van der Waals surface area (Å²) in [7, 11) is 1.96. The van der Waals surface area contributed by atoms with Gasteiger partial charge in [-0.15, -0.1) is 23.7 Å². The molecule has 8 heteroatoms. The summed E-state index contributed by atoms with van der Waals surface area (Å²) in [6, 6.07) is 6.52. The number of hydrogen-bond acceptors (Lipinski definition) is 5. The molecule has 1 fully saturated rings. The SMILES string of the molecule is CNCCC1CCN(C(=O)c2cc3cc([N+](=O)[O-])ccc3s2)CC1.Cl. The zero-order valence-electron chi connectivity index (χ0n) is 14.1. The Morgan fingerprint density at radius 3 is 2.72 bits per heavy atom. The van der Waals surface area contributed by atoms with Crippen LogP contribution in [0.2, 0.25) is 0 Å². The Balaban J connectivity index is 0.00000225. The van der Waals surface area contributed by atoms with Crippen LogP contribution < -0.4 is 5.32 Å². The van der Waals surface area contributed by atoms with E-state index in [9.17, 15) is 14.9 Å². The van der Waals surface area contributed by atoms with Gasteiger partial charge >= 0.3 is 0 Å². The molecule has 3 rings (SSSR count). The second-order valence-corrected chi connectivity index (χ2v) is 7.30. The van der Waals surface area contributed by atoms with Crippen LogP contribution in [0.4, 0.5) is 5.69 Å². The highest BCUT2D eigenvalue weighted by Crippen LogP contribution is 2.30. The molecule has 0 atom stereocenters. The molecule has 0 spiro atoms. The number of fused-ring (bicyclic) bond motifs is 1. The first-order chi connectivity index (χ1) is 11.6. The van der Waals surface area contributed by atoms with Crippen molar-refractivity contribution in [1.82, 2.24) is 10.2 Å². The van der Waals surface area contributed by atoms with Crippen molar-refractivity contribution in [3.8, 4) is 0 Å². The average Bonchev–Trinajstić information content (AvgIpc) is 3.02. The minimum atomic E-state index is -0.408. The quantitative estimate of drug-likeness (QED) is 0.631. The van der Waals surface area contributed by atoms with Crippen LogP contribution in [0.1, 0.15) is 28.9 Å². The lowest BCUT2D eigenvalue weighted by Gasteiger charge is -2.31.